The molecule has 0 fully saturated rings. The second kappa shape index (κ2) is 2.79. The van der Waals surface area contributed by atoms with Crippen LogP contribution in [0.3, 0.4) is 0 Å². The molecule has 2 nitrogen and oxygen atoms in total. The summed E-state index contributed by atoms with van der Waals surface area (Å²) in [6.07, 6.45) is 1.68. The van der Waals surface area contributed by atoms with Gasteiger partial charge in [-0.2, -0.15) is 0 Å². The third kappa shape index (κ3) is 6.59. The first kappa shape index (κ1) is 7.59. The fraction of sp³-hybridized carbons (Fsp3) is 1.00. The van der Waals surface area contributed by atoms with Crippen molar-refractivity contribution in [3.63, 3.8) is 0 Å². The van der Waals surface area contributed by atoms with Crippen LogP contribution in [-0.4, -0.2) is 19.8 Å². The Morgan fingerprint density at radius 3 is 2.14 bits per heavy atom. The molecule has 0 aromatic rings. The van der Waals surface area contributed by atoms with E-state index in [0.29, 0.717) is 0 Å². The molecule has 0 atom stereocenters. The van der Waals surface area contributed by atoms with Gasteiger partial charge in [-0.25, -0.2) is 8.42 Å². The zero-order valence-corrected chi connectivity index (χ0v) is 6.11. The molecular weight excluding hydrogens is 156 g/mol. The molecule has 0 spiro atoms. The molecule has 0 aromatic heterocycles. The van der Waals surface area contributed by atoms with E-state index in [4.69, 9.17) is 10.7 Å². The quantitative estimate of drug-likeness (QED) is 0.563. The monoisotopic (exact) mass is 160 g/mol. The van der Waals surface area contributed by atoms with Crippen LogP contribution in [0, 0.1) is 0 Å². The molecule has 0 saturated carbocycles. The summed E-state index contributed by atoms with van der Waals surface area (Å²) >= 11 is 1.19. The Balaban J connectivity index is 3.60. The molecule has 5 heteroatoms. The van der Waals surface area contributed by atoms with E-state index in [0.717, 1.165) is 0 Å². The Labute approximate surface area is 51.7 Å². The van der Waals surface area contributed by atoms with Crippen LogP contribution in [0.4, 0.5) is 0 Å². The van der Waals surface area contributed by atoms with E-state index in [1.165, 1.54) is 11.8 Å². The highest BCUT2D eigenvalue weighted by atomic mass is 35.7. The van der Waals surface area contributed by atoms with Crippen molar-refractivity contribution in [1.82, 2.24) is 0 Å². The number of hydrogen-bond acceptors (Lipinski definition) is 3. The molecule has 0 aliphatic carbocycles. The van der Waals surface area contributed by atoms with Gasteiger partial charge in [0, 0.05) is 10.7 Å². The molecule has 0 rings (SSSR count). The van der Waals surface area contributed by atoms with Crippen LogP contribution in [-0.2, 0) is 9.05 Å². The molecule has 0 amide bonds. The number of hydrogen-bond donors (Lipinski definition) is 0. The summed E-state index contributed by atoms with van der Waals surface area (Å²) in [5, 5.41) is -0.00540. The Morgan fingerprint density at radius 1 is 1.71 bits per heavy atom. The van der Waals surface area contributed by atoms with Gasteiger partial charge in [0.15, 0.2) is 0 Å². The summed E-state index contributed by atoms with van der Waals surface area (Å²) in [5.41, 5.74) is 0. The lowest BCUT2D eigenvalue weighted by Crippen LogP contribution is -1.89. The predicted molar refractivity (Wildman–Crippen MR) is 33.2 cm³/mol. The van der Waals surface area contributed by atoms with Gasteiger partial charge in [0.1, 0.15) is 5.08 Å². The van der Waals surface area contributed by atoms with Gasteiger partial charge in [0.05, 0.1) is 0 Å². The van der Waals surface area contributed by atoms with Crippen molar-refractivity contribution in [2.75, 3.05) is 11.3 Å². The van der Waals surface area contributed by atoms with Crippen LogP contribution in [0.25, 0.3) is 0 Å². The molecule has 0 saturated heterocycles. The van der Waals surface area contributed by atoms with E-state index in [2.05, 4.69) is 0 Å². The van der Waals surface area contributed by atoms with Crippen molar-refractivity contribution in [3.05, 3.63) is 0 Å². The Morgan fingerprint density at radius 2 is 2.14 bits per heavy atom. The maximum atomic E-state index is 9.98. The smallest absolute Gasteiger partial charge is 0.211 e. The number of rotatable bonds is 2. The normalized spacial score (nSPS) is 11.7. The average molecular weight is 161 g/mol. The second-order valence-electron chi connectivity index (χ2n) is 0.945. The van der Waals surface area contributed by atoms with Gasteiger partial charge in [0.25, 0.3) is 0 Å². The lowest BCUT2D eigenvalue weighted by molar-refractivity contribution is 0.614. The fourth-order valence-electron chi connectivity index (χ4n) is 0.141. The molecule has 44 valence electrons. The maximum absolute atomic E-state index is 9.98. The van der Waals surface area contributed by atoms with Crippen LogP contribution in [0.15, 0.2) is 0 Å². The highest BCUT2D eigenvalue weighted by molar-refractivity contribution is 8.23. The highest BCUT2D eigenvalue weighted by Gasteiger charge is 1.99. The van der Waals surface area contributed by atoms with Gasteiger partial charge in [-0.1, -0.05) is 0 Å². The van der Waals surface area contributed by atoms with E-state index in [9.17, 15) is 8.42 Å². The van der Waals surface area contributed by atoms with Crippen LogP contribution in [0.2, 0.25) is 0 Å². The summed E-state index contributed by atoms with van der Waals surface area (Å²) < 4.78 is 20.0. The molecule has 0 aromatic carbocycles. The number of halogens is 1. The van der Waals surface area contributed by atoms with Gasteiger partial charge >= 0.3 is 0 Å². The van der Waals surface area contributed by atoms with Crippen LogP contribution >= 0.6 is 22.4 Å². The Bertz CT molecular complexity index is 127. The summed E-state index contributed by atoms with van der Waals surface area (Å²) in [6.45, 7) is 0. The van der Waals surface area contributed by atoms with E-state index in [1.54, 1.807) is 6.26 Å². The first-order valence-corrected chi connectivity index (χ1v) is 5.35. The van der Waals surface area contributed by atoms with Gasteiger partial charge < -0.3 is 0 Å². The van der Waals surface area contributed by atoms with E-state index >= 15 is 0 Å². The molecule has 0 aliphatic rings. The maximum Gasteiger partial charge on any atom is 0.241 e. The highest BCUT2D eigenvalue weighted by Crippen LogP contribution is 2.03. The Kier molecular flexibility index (Phi) is 3.03. The molecule has 0 aliphatic heterocycles. The Hall–Kier alpha value is 0.590. The van der Waals surface area contributed by atoms with Gasteiger partial charge in [-0.15, -0.1) is 11.8 Å². The predicted octanol–water partition coefficient (Wildman–Crippen LogP) is 0.876. The SMILES string of the molecule is CSCS(=O)(=O)Cl. The lowest BCUT2D eigenvalue weighted by Gasteiger charge is -1.84. The molecule has 0 radical (unpaired) electrons. The summed E-state index contributed by atoms with van der Waals surface area (Å²) in [6, 6.07) is 0. The minimum absolute atomic E-state index is 0.00540. The first-order valence-electron chi connectivity index (χ1n) is 1.47. The third-order valence-electron chi connectivity index (χ3n) is 0.259. The fourth-order valence-corrected chi connectivity index (χ4v) is 2.07. The van der Waals surface area contributed by atoms with Crippen molar-refractivity contribution in [1.29, 1.82) is 0 Å². The number of thioether (sulfide) groups is 1. The average Bonchev–Trinajstić information content (AvgIpc) is 1.30. The van der Waals surface area contributed by atoms with Crippen molar-refractivity contribution >= 4 is 31.5 Å². The van der Waals surface area contributed by atoms with Crippen molar-refractivity contribution in [2.24, 2.45) is 0 Å². The lowest BCUT2D eigenvalue weighted by atomic mass is 11.9. The summed E-state index contributed by atoms with van der Waals surface area (Å²) in [4.78, 5) is 0. The van der Waals surface area contributed by atoms with E-state index in [-0.39, 0.29) is 5.08 Å². The standard InChI is InChI=1S/C2H5ClO2S2/c1-6-2-7(3,4)5/h2H2,1H3. The van der Waals surface area contributed by atoms with E-state index < -0.39 is 9.05 Å². The van der Waals surface area contributed by atoms with Crippen LogP contribution < -0.4 is 0 Å². The molecule has 0 bridgehead atoms. The van der Waals surface area contributed by atoms with Gasteiger partial charge in [-0.05, 0) is 6.26 Å². The summed E-state index contributed by atoms with van der Waals surface area (Å²) in [5.74, 6) is 0. The van der Waals surface area contributed by atoms with Crippen molar-refractivity contribution in [3.8, 4) is 0 Å². The first-order chi connectivity index (χ1) is 3.06. The van der Waals surface area contributed by atoms with Gasteiger partial charge in [0.2, 0.25) is 9.05 Å². The van der Waals surface area contributed by atoms with Crippen LogP contribution in [0.5, 0.6) is 0 Å². The van der Waals surface area contributed by atoms with Crippen molar-refractivity contribution < 1.29 is 8.42 Å². The molecular formula is C2H5ClO2S2. The second-order valence-corrected chi connectivity index (χ2v) is 4.95. The van der Waals surface area contributed by atoms with Crippen molar-refractivity contribution in [2.45, 2.75) is 0 Å². The topological polar surface area (TPSA) is 34.1 Å². The minimum Gasteiger partial charge on any atom is -0.211 e. The summed E-state index contributed by atoms with van der Waals surface area (Å²) in [7, 11) is 1.55. The molecule has 7 heavy (non-hydrogen) atoms. The van der Waals surface area contributed by atoms with Crippen LogP contribution in [0.1, 0.15) is 0 Å². The zero-order chi connectivity index (χ0) is 5.91. The molecule has 0 N–H and O–H groups in total. The zero-order valence-electron chi connectivity index (χ0n) is 3.72. The van der Waals surface area contributed by atoms with E-state index in [1.807, 2.05) is 0 Å². The minimum atomic E-state index is -3.24. The third-order valence-corrected chi connectivity index (χ3v) is 3.13. The largest absolute Gasteiger partial charge is 0.241 e. The molecule has 0 heterocycles. The van der Waals surface area contributed by atoms with Gasteiger partial charge in [-0.3, -0.25) is 0 Å². The molecule has 0 unspecified atom stereocenters.